The smallest absolute Gasteiger partial charge is 0.254 e. The van der Waals surface area contributed by atoms with Crippen LogP contribution in [0.3, 0.4) is 0 Å². The fourth-order valence-electron chi connectivity index (χ4n) is 2.01. The van der Waals surface area contributed by atoms with Crippen molar-refractivity contribution >= 4 is 33.6 Å². The normalized spacial score (nSPS) is 23.1. The molecule has 2 nitrogen and oxygen atoms in total. The Morgan fingerprint density at radius 1 is 1.61 bits per heavy atom. The molecule has 0 aromatic heterocycles. The SMILES string of the molecule is CC1(CNC(=O)c2ccc(Br)cc2F)CCCS1. The van der Waals surface area contributed by atoms with Crippen LogP contribution in [0.1, 0.15) is 30.1 Å². The van der Waals surface area contributed by atoms with E-state index in [-0.39, 0.29) is 16.2 Å². The number of hydrogen-bond acceptors (Lipinski definition) is 2. The molecule has 1 fully saturated rings. The quantitative estimate of drug-likeness (QED) is 0.916. The first kappa shape index (κ1) is 13.9. The monoisotopic (exact) mass is 331 g/mol. The lowest BCUT2D eigenvalue weighted by atomic mass is 10.1. The molecular formula is C13H15BrFNOS. The Balaban J connectivity index is 1.99. The molecule has 18 heavy (non-hydrogen) atoms. The zero-order chi connectivity index (χ0) is 13.2. The first-order valence-electron chi connectivity index (χ1n) is 5.87. The van der Waals surface area contributed by atoms with E-state index in [0.29, 0.717) is 11.0 Å². The van der Waals surface area contributed by atoms with Crippen LogP contribution < -0.4 is 5.32 Å². The van der Waals surface area contributed by atoms with Crippen LogP contribution in [0.15, 0.2) is 22.7 Å². The minimum absolute atomic E-state index is 0.0987. The maximum absolute atomic E-state index is 13.6. The fourth-order valence-corrected chi connectivity index (χ4v) is 3.59. The van der Waals surface area contributed by atoms with Crippen LogP contribution in [-0.4, -0.2) is 23.0 Å². The molecule has 1 unspecified atom stereocenters. The molecule has 0 saturated carbocycles. The third-order valence-electron chi connectivity index (χ3n) is 3.10. The van der Waals surface area contributed by atoms with Gasteiger partial charge in [0.25, 0.3) is 5.91 Å². The van der Waals surface area contributed by atoms with E-state index in [1.54, 1.807) is 6.07 Å². The Labute approximate surface area is 119 Å². The van der Waals surface area contributed by atoms with Gasteiger partial charge in [-0.2, -0.15) is 11.8 Å². The highest BCUT2D eigenvalue weighted by Crippen LogP contribution is 2.37. The summed E-state index contributed by atoms with van der Waals surface area (Å²) in [4.78, 5) is 11.9. The molecule has 0 bridgehead atoms. The zero-order valence-corrected chi connectivity index (χ0v) is 12.5. The van der Waals surface area contributed by atoms with Gasteiger partial charge in [-0.05, 0) is 43.7 Å². The van der Waals surface area contributed by atoms with E-state index >= 15 is 0 Å². The molecule has 1 amide bonds. The van der Waals surface area contributed by atoms with Gasteiger partial charge in [0.2, 0.25) is 0 Å². The summed E-state index contributed by atoms with van der Waals surface area (Å²) in [6.45, 7) is 2.73. The molecule has 0 radical (unpaired) electrons. The van der Waals surface area contributed by atoms with Gasteiger partial charge in [0.15, 0.2) is 0 Å². The molecule has 1 aromatic rings. The number of carbonyl (C=O) groups is 1. The van der Waals surface area contributed by atoms with Crippen molar-refractivity contribution in [1.29, 1.82) is 0 Å². The van der Waals surface area contributed by atoms with Gasteiger partial charge < -0.3 is 5.32 Å². The minimum atomic E-state index is -0.494. The van der Waals surface area contributed by atoms with E-state index in [9.17, 15) is 9.18 Å². The second-order valence-corrected chi connectivity index (χ2v) is 7.31. The molecule has 1 aromatic carbocycles. The predicted molar refractivity (Wildman–Crippen MR) is 76.5 cm³/mol. The summed E-state index contributed by atoms with van der Waals surface area (Å²) in [5.41, 5.74) is 0.102. The molecule has 1 N–H and O–H groups in total. The first-order valence-corrected chi connectivity index (χ1v) is 7.65. The lowest BCUT2D eigenvalue weighted by molar-refractivity contribution is 0.0946. The minimum Gasteiger partial charge on any atom is -0.351 e. The molecular weight excluding hydrogens is 317 g/mol. The number of benzene rings is 1. The van der Waals surface area contributed by atoms with Crippen molar-refractivity contribution in [3.05, 3.63) is 34.1 Å². The zero-order valence-electron chi connectivity index (χ0n) is 10.1. The maximum Gasteiger partial charge on any atom is 0.254 e. The fraction of sp³-hybridized carbons (Fsp3) is 0.462. The van der Waals surface area contributed by atoms with Crippen molar-refractivity contribution in [3.8, 4) is 0 Å². The van der Waals surface area contributed by atoms with Crippen molar-refractivity contribution in [2.24, 2.45) is 0 Å². The van der Waals surface area contributed by atoms with E-state index in [1.807, 2.05) is 11.8 Å². The summed E-state index contributed by atoms with van der Waals surface area (Å²) in [6.07, 6.45) is 2.28. The number of rotatable bonds is 3. The van der Waals surface area contributed by atoms with Crippen LogP contribution in [0.5, 0.6) is 0 Å². The van der Waals surface area contributed by atoms with E-state index < -0.39 is 5.82 Å². The van der Waals surface area contributed by atoms with Crippen molar-refractivity contribution in [2.75, 3.05) is 12.3 Å². The molecule has 0 spiro atoms. The molecule has 5 heteroatoms. The summed E-state index contributed by atoms with van der Waals surface area (Å²) in [6, 6.07) is 4.48. The van der Waals surface area contributed by atoms with Crippen LogP contribution in [-0.2, 0) is 0 Å². The molecule has 1 aliphatic rings. The average Bonchev–Trinajstić information content (AvgIpc) is 2.74. The summed E-state index contributed by atoms with van der Waals surface area (Å²) >= 11 is 5.04. The van der Waals surface area contributed by atoms with Gasteiger partial charge in [0, 0.05) is 15.8 Å². The van der Waals surface area contributed by atoms with Gasteiger partial charge in [0.1, 0.15) is 5.82 Å². The van der Waals surface area contributed by atoms with Gasteiger partial charge in [0.05, 0.1) is 5.56 Å². The number of amides is 1. The van der Waals surface area contributed by atoms with Gasteiger partial charge in [-0.15, -0.1) is 0 Å². The van der Waals surface area contributed by atoms with Gasteiger partial charge in [-0.1, -0.05) is 15.9 Å². The van der Waals surface area contributed by atoms with E-state index in [0.717, 1.165) is 12.2 Å². The topological polar surface area (TPSA) is 29.1 Å². The number of halogens is 2. The van der Waals surface area contributed by atoms with Gasteiger partial charge in [-0.3, -0.25) is 4.79 Å². The summed E-state index contributed by atoms with van der Waals surface area (Å²) in [5, 5.41) is 2.83. The van der Waals surface area contributed by atoms with Crippen LogP contribution in [0.25, 0.3) is 0 Å². The largest absolute Gasteiger partial charge is 0.351 e. The highest BCUT2D eigenvalue weighted by molar-refractivity contribution is 9.10. The van der Waals surface area contributed by atoms with Crippen LogP contribution >= 0.6 is 27.7 Å². The lowest BCUT2D eigenvalue weighted by Gasteiger charge is -2.22. The summed E-state index contributed by atoms with van der Waals surface area (Å²) < 4.78 is 14.3. The van der Waals surface area contributed by atoms with Crippen molar-refractivity contribution in [3.63, 3.8) is 0 Å². The lowest BCUT2D eigenvalue weighted by Crippen LogP contribution is -2.37. The Bertz CT molecular complexity index is 460. The molecule has 1 aliphatic heterocycles. The highest BCUT2D eigenvalue weighted by Gasteiger charge is 2.30. The van der Waals surface area contributed by atoms with Crippen LogP contribution in [0.2, 0.25) is 0 Å². The molecule has 2 rings (SSSR count). The van der Waals surface area contributed by atoms with Crippen molar-refractivity contribution in [2.45, 2.75) is 24.5 Å². The number of carbonyl (C=O) groups excluding carboxylic acids is 1. The van der Waals surface area contributed by atoms with Gasteiger partial charge >= 0.3 is 0 Å². The van der Waals surface area contributed by atoms with Gasteiger partial charge in [-0.25, -0.2) is 4.39 Å². The second-order valence-electron chi connectivity index (χ2n) is 4.71. The van der Waals surface area contributed by atoms with E-state index in [2.05, 4.69) is 28.2 Å². The molecule has 1 atom stereocenters. The standard InChI is InChI=1S/C13H15BrFNOS/c1-13(5-2-6-18-13)8-16-12(17)10-4-3-9(14)7-11(10)15/h3-4,7H,2,5-6,8H2,1H3,(H,16,17). The van der Waals surface area contributed by atoms with E-state index in [1.165, 1.54) is 18.6 Å². The Kier molecular flexibility index (Phi) is 4.33. The third-order valence-corrected chi connectivity index (χ3v) is 5.13. The van der Waals surface area contributed by atoms with Crippen LogP contribution in [0, 0.1) is 5.82 Å². The van der Waals surface area contributed by atoms with Crippen LogP contribution in [0.4, 0.5) is 4.39 Å². The highest BCUT2D eigenvalue weighted by atomic mass is 79.9. The third kappa shape index (κ3) is 3.26. The number of thioether (sulfide) groups is 1. The molecule has 1 saturated heterocycles. The first-order chi connectivity index (χ1) is 8.50. The maximum atomic E-state index is 13.6. The average molecular weight is 332 g/mol. The molecule has 1 heterocycles. The summed E-state index contributed by atoms with van der Waals surface area (Å²) in [7, 11) is 0. The van der Waals surface area contributed by atoms with Crippen molar-refractivity contribution < 1.29 is 9.18 Å². The Morgan fingerprint density at radius 2 is 2.39 bits per heavy atom. The Morgan fingerprint density at radius 3 is 3.00 bits per heavy atom. The molecule has 0 aliphatic carbocycles. The predicted octanol–water partition coefficient (Wildman–Crippen LogP) is 3.60. The van der Waals surface area contributed by atoms with E-state index in [4.69, 9.17) is 0 Å². The summed E-state index contributed by atoms with van der Waals surface area (Å²) in [5.74, 6) is 0.304. The molecule has 98 valence electrons. The number of nitrogens with one attached hydrogen (secondary N) is 1. The number of hydrogen-bond donors (Lipinski definition) is 1. The van der Waals surface area contributed by atoms with Crippen molar-refractivity contribution in [1.82, 2.24) is 5.32 Å². The second kappa shape index (κ2) is 5.61. The Hall–Kier alpha value is -0.550.